The first-order valence-corrected chi connectivity index (χ1v) is 7.26. The van der Waals surface area contributed by atoms with E-state index < -0.39 is 0 Å². The maximum absolute atomic E-state index is 13.1. The Balaban J connectivity index is 1.82. The van der Waals surface area contributed by atoms with E-state index in [-0.39, 0.29) is 18.0 Å². The van der Waals surface area contributed by atoms with Crippen LogP contribution in [-0.4, -0.2) is 32.2 Å². The van der Waals surface area contributed by atoms with Gasteiger partial charge in [-0.2, -0.15) is 0 Å². The lowest BCUT2D eigenvalue weighted by Gasteiger charge is -2.24. The fourth-order valence-corrected chi connectivity index (χ4v) is 2.98. The lowest BCUT2D eigenvalue weighted by Crippen LogP contribution is -2.25. The van der Waals surface area contributed by atoms with Gasteiger partial charge in [0.25, 0.3) is 0 Å². The molecular weight excluding hydrogens is 293 g/mol. The van der Waals surface area contributed by atoms with E-state index in [4.69, 9.17) is 11.6 Å². The van der Waals surface area contributed by atoms with Gasteiger partial charge in [-0.15, -0.1) is 0 Å². The molecule has 1 N–H and O–H groups in total. The maximum atomic E-state index is 13.1. The first-order chi connectivity index (χ1) is 10.0. The van der Waals surface area contributed by atoms with Gasteiger partial charge in [-0.3, -0.25) is 4.90 Å². The second-order valence-corrected chi connectivity index (χ2v) is 5.83. The Labute approximate surface area is 127 Å². The van der Waals surface area contributed by atoms with Crippen molar-refractivity contribution in [1.82, 2.24) is 14.5 Å². The van der Waals surface area contributed by atoms with E-state index in [0.29, 0.717) is 24.7 Å². The third kappa shape index (κ3) is 2.95. The Morgan fingerprint density at radius 3 is 2.71 bits per heavy atom. The van der Waals surface area contributed by atoms with E-state index in [0.717, 1.165) is 11.4 Å². The molecule has 0 spiro atoms. The van der Waals surface area contributed by atoms with E-state index in [1.165, 1.54) is 12.1 Å². The van der Waals surface area contributed by atoms with Crippen molar-refractivity contribution < 1.29 is 9.50 Å². The fourth-order valence-electron chi connectivity index (χ4n) is 2.84. The van der Waals surface area contributed by atoms with E-state index in [1.807, 2.05) is 11.6 Å². The molecule has 0 amide bonds. The molecule has 3 rings (SSSR count). The summed E-state index contributed by atoms with van der Waals surface area (Å²) in [5, 5.41) is 10.6. The summed E-state index contributed by atoms with van der Waals surface area (Å²) in [5.41, 5.74) is 1.01. The zero-order valence-corrected chi connectivity index (χ0v) is 12.5. The number of aliphatic hydroxyl groups excluding tert-OH is 1. The molecule has 6 heteroatoms. The molecule has 112 valence electrons. The molecular formula is C15H17ClFN3O. The van der Waals surface area contributed by atoms with Crippen LogP contribution in [-0.2, 0) is 13.6 Å². The van der Waals surface area contributed by atoms with Crippen LogP contribution in [0.1, 0.15) is 23.9 Å². The zero-order valence-electron chi connectivity index (χ0n) is 11.7. The van der Waals surface area contributed by atoms with Crippen LogP contribution in [0.2, 0.25) is 5.15 Å². The molecule has 2 atom stereocenters. The molecule has 1 aromatic carbocycles. The molecule has 0 bridgehead atoms. The van der Waals surface area contributed by atoms with Crippen molar-refractivity contribution in [3.05, 3.63) is 52.8 Å². The van der Waals surface area contributed by atoms with Crippen LogP contribution in [0.15, 0.2) is 30.5 Å². The number of β-amino-alcohol motifs (C(OH)–C–C–N with tert-alkyl or cyclic N) is 1. The molecule has 1 saturated heterocycles. The predicted octanol–water partition coefficient (Wildman–Crippen LogP) is 2.52. The molecule has 2 aromatic rings. The van der Waals surface area contributed by atoms with E-state index in [9.17, 15) is 9.50 Å². The SMILES string of the molecule is Cn1c(Cl)cnc1CN1CC(O)CC1c1ccc(F)cc1. The molecule has 1 aliphatic rings. The Bertz CT molecular complexity index is 628. The van der Waals surface area contributed by atoms with Crippen molar-refractivity contribution in [2.45, 2.75) is 25.1 Å². The molecule has 1 aromatic heterocycles. The molecule has 2 unspecified atom stereocenters. The van der Waals surface area contributed by atoms with Crippen molar-refractivity contribution in [1.29, 1.82) is 0 Å². The second-order valence-electron chi connectivity index (χ2n) is 5.44. The average molecular weight is 310 g/mol. The normalized spacial score (nSPS) is 22.9. The zero-order chi connectivity index (χ0) is 15.0. The van der Waals surface area contributed by atoms with Gasteiger partial charge >= 0.3 is 0 Å². The summed E-state index contributed by atoms with van der Waals surface area (Å²) >= 11 is 6.01. The van der Waals surface area contributed by atoms with Gasteiger partial charge in [-0.25, -0.2) is 9.37 Å². The number of aliphatic hydroxyl groups is 1. The minimum atomic E-state index is -0.379. The predicted molar refractivity (Wildman–Crippen MR) is 78.4 cm³/mol. The van der Waals surface area contributed by atoms with Crippen LogP contribution >= 0.6 is 11.6 Å². The lowest BCUT2D eigenvalue weighted by atomic mass is 10.0. The van der Waals surface area contributed by atoms with Crippen LogP contribution in [0.25, 0.3) is 0 Å². The first kappa shape index (κ1) is 14.5. The van der Waals surface area contributed by atoms with Gasteiger partial charge in [-0.05, 0) is 24.1 Å². The molecule has 4 nitrogen and oxygen atoms in total. The summed E-state index contributed by atoms with van der Waals surface area (Å²) in [6.07, 6.45) is 1.89. The monoisotopic (exact) mass is 309 g/mol. The quantitative estimate of drug-likeness (QED) is 0.947. The van der Waals surface area contributed by atoms with E-state index in [1.54, 1.807) is 18.3 Å². The Hall–Kier alpha value is -1.43. The lowest BCUT2D eigenvalue weighted by molar-refractivity contribution is 0.171. The second kappa shape index (κ2) is 5.75. The van der Waals surface area contributed by atoms with Gasteiger partial charge in [0.1, 0.15) is 16.8 Å². The minimum absolute atomic E-state index is 0.0658. The molecule has 1 fully saturated rings. The third-order valence-electron chi connectivity index (χ3n) is 4.01. The highest BCUT2D eigenvalue weighted by atomic mass is 35.5. The highest BCUT2D eigenvalue weighted by Gasteiger charge is 2.32. The number of halogens is 2. The smallest absolute Gasteiger partial charge is 0.128 e. The van der Waals surface area contributed by atoms with Crippen molar-refractivity contribution in [2.24, 2.45) is 7.05 Å². The largest absolute Gasteiger partial charge is 0.392 e. The molecule has 21 heavy (non-hydrogen) atoms. The van der Waals surface area contributed by atoms with Crippen LogP contribution in [0.5, 0.6) is 0 Å². The van der Waals surface area contributed by atoms with Crippen LogP contribution in [0, 0.1) is 5.82 Å². The summed E-state index contributed by atoms with van der Waals surface area (Å²) in [7, 11) is 1.87. The molecule has 1 aliphatic heterocycles. The average Bonchev–Trinajstić information content (AvgIpc) is 2.97. The number of hydrogen-bond acceptors (Lipinski definition) is 3. The molecule has 0 aliphatic carbocycles. The number of aromatic nitrogens is 2. The third-order valence-corrected chi connectivity index (χ3v) is 4.36. The topological polar surface area (TPSA) is 41.3 Å². The van der Waals surface area contributed by atoms with E-state index in [2.05, 4.69) is 9.88 Å². The van der Waals surface area contributed by atoms with Crippen molar-refractivity contribution >= 4 is 11.6 Å². The number of likely N-dealkylation sites (tertiary alicyclic amines) is 1. The van der Waals surface area contributed by atoms with Gasteiger partial charge in [0.15, 0.2) is 0 Å². The number of benzene rings is 1. The van der Waals surface area contributed by atoms with Crippen LogP contribution in [0.4, 0.5) is 4.39 Å². The highest BCUT2D eigenvalue weighted by Crippen LogP contribution is 2.33. The summed E-state index contributed by atoms with van der Waals surface area (Å²) in [4.78, 5) is 6.44. The van der Waals surface area contributed by atoms with Gasteiger partial charge in [0, 0.05) is 19.6 Å². The fraction of sp³-hybridized carbons (Fsp3) is 0.400. The van der Waals surface area contributed by atoms with Gasteiger partial charge < -0.3 is 9.67 Å². The van der Waals surface area contributed by atoms with E-state index >= 15 is 0 Å². The van der Waals surface area contributed by atoms with Crippen molar-refractivity contribution in [3.63, 3.8) is 0 Å². The van der Waals surface area contributed by atoms with Gasteiger partial charge in [-0.1, -0.05) is 23.7 Å². The van der Waals surface area contributed by atoms with Crippen molar-refractivity contribution in [2.75, 3.05) is 6.54 Å². The first-order valence-electron chi connectivity index (χ1n) is 6.88. The number of imidazole rings is 1. The van der Waals surface area contributed by atoms with Crippen molar-refractivity contribution in [3.8, 4) is 0 Å². The number of hydrogen-bond donors (Lipinski definition) is 1. The molecule has 0 saturated carbocycles. The molecule has 0 radical (unpaired) electrons. The van der Waals surface area contributed by atoms with Gasteiger partial charge in [0.2, 0.25) is 0 Å². The Kier molecular flexibility index (Phi) is 3.97. The minimum Gasteiger partial charge on any atom is -0.392 e. The summed E-state index contributed by atoms with van der Waals surface area (Å²) in [6, 6.07) is 6.52. The number of rotatable bonds is 3. The van der Waals surface area contributed by atoms with Crippen LogP contribution in [0.3, 0.4) is 0 Å². The summed E-state index contributed by atoms with van der Waals surface area (Å²) in [6.45, 7) is 1.18. The Morgan fingerprint density at radius 1 is 1.38 bits per heavy atom. The number of nitrogens with zero attached hydrogens (tertiary/aromatic N) is 3. The van der Waals surface area contributed by atoms with Gasteiger partial charge in [0.05, 0.1) is 18.8 Å². The summed E-state index contributed by atoms with van der Waals surface area (Å²) in [5.74, 6) is 0.598. The summed E-state index contributed by atoms with van der Waals surface area (Å²) < 4.78 is 14.9. The Morgan fingerprint density at radius 2 is 2.10 bits per heavy atom. The maximum Gasteiger partial charge on any atom is 0.128 e. The standard InChI is InChI=1S/C15H17ClFN3O/c1-19-14(16)7-18-15(19)9-20-8-12(21)6-13(20)10-2-4-11(17)5-3-10/h2-5,7,12-13,21H,6,8-9H2,1H3. The molecule has 2 heterocycles. The van der Waals surface area contributed by atoms with Crippen LogP contribution < -0.4 is 0 Å². The highest BCUT2D eigenvalue weighted by molar-refractivity contribution is 6.29.